The summed E-state index contributed by atoms with van der Waals surface area (Å²) in [6.07, 6.45) is 0. The molecule has 0 saturated heterocycles. The second-order valence-corrected chi connectivity index (χ2v) is 4.59. The molecular formula is C14H14BrNO. The molecule has 0 heterocycles. The number of hydrogen-bond acceptors (Lipinski definition) is 2. The Balaban J connectivity index is 2.54. The smallest absolute Gasteiger partial charge is 0.126 e. The largest absolute Gasteiger partial charge is 0.496 e. The monoisotopic (exact) mass is 291 g/mol. The minimum atomic E-state index is 0.876. The van der Waals surface area contributed by atoms with Crippen LogP contribution in [0.2, 0.25) is 0 Å². The number of anilines is 1. The van der Waals surface area contributed by atoms with Crippen molar-refractivity contribution in [1.29, 1.82) is 0 Å². The molecule has 3 heteroatoms. The zero-order valence-electron chi connectivity index (χ0n) is 9.83. The number of ether oxygens (including phenoxy) is 1. The molecule has 0 aliphatic heterocycles. The third-order valence-corrected chi connectivity index (χ3v) is 3.12. The average Bonchev–Trinajstić information content (AvgIpc) is 2.39. The summed E-state index contributed by atoms with van der Waals surface area (Å²) >= 11 is 3.49. The van der Waals surface area contributed by atoms with Gasteiger partial charge in [0.2, 0.25) is 0 Å². The summed E-state index contributed by atoms with van der Waals surface area (Å²) in [6, 6.07) is 14.2. The van der Waals surface area contributed by atoms with Gasteiger partial charge in [-0.3, -0.25) is 0 Å². The molecule has 0 unspecified atom stereocenters. The van der Waals surface area contributed by atoms with Crippen molar-refractivity contribution < 1.29 is 4.74 Å². The first-order valence-corrected chi connectivity index (χ1v) is 6.15. The first-order chi connectivity index (χ1) is 8.24. The first kappa shape index (κ1) is 12.0. The molecule has 88 valence electrons. The quantitative estimate of drug-likeness (QED) is 0.917. The molecule has 2 aromatic carbocycles. The van der Waals surface area contributed by atoms with Crippen molar-refractivity contribution >= 4 is 21.6 Å². The molecule has 2 nitrogen and oxygen atoms in total. The molecule has 0 fully saturated rings. The molecule has 17 heavy (non-hydrogen) atoms. The molecule has 0 bridgehead atoms. The van der Waals surface area contributed by atoms with Crippen LogP contribution in [0, 0.1) is 0 Å². The zero-order chi connectivity index (χ0) is 12.3. The van der Waals surface area contributed by atoms with Gasteiger partial charge in [0.25, 0.3) is 0 Å². The predicted molar refractivity (Wildman–Crippen MR) is 75.7 cm³/mol. The fourth-order valence-electron chi connectivity index (χ4n) is 1.75. The summed E-state index contributed by atoms with van der Waals surface area (Å²) in [5.41, 5.74) is 3.30. The van der Waals surface area contributed by atoms with E-state index in [4.69, 9.17) is 4.74 Å². The van der Waals surface area contributed by atoms with Gasteiger partial charge in [0.1, 0.15) is 5.75 Å². The van der Waals surface area contributed by atoms with Crippen LogP contribution >= 0.6 is 15.9 Å². The molecule has 0 radical (unpaired) electrons. The Morgan fingerprint density at radius 3 is 2.65 bits per heavy atom. The van der Waals surface area contributed by atoms with Gasteiger partial charge in [-0.25, -0.2) is 0 Å². The Morgan fingerprint density at radius 2 is 1.94 bits per heavy atom. The van der Waals surface area contributed by atoms with E-state index in [1.165, 1.54) is 0 Å². The fraction of sp³-hybridized carbons (Fsp3) is 0.143. The van der Waals surface area contributed by atoms with Crippen LogP contribution in [0.1, 0.15) is 0 Å². The van der Waals surface area contributed by atoms with Crippen molar-refractivity contribution in [2.75, 3.05) is 19.5 Å². The van der Waals surface area contributed by atoms with Crippen LogP contribution in [0.3, 0.4) is 0 Å². The summed E-state index contributed by atoms with van der Waals surface area (Å²) < 4.78 is 6.43. The Hall–Kier alpha value is -1.48. The predicted octanol–water partition coefficient (Wildman–Crippen LogP) is 4.17. The summed E-state index contributed by atoms with van der Waals surface area (Å²) in [4.78, 5) is 0. The van der Waals surface area contributed by atoms with Crippen LogP contribution in [0.15, 0.2) is 46.9 Å². The van der Waals surface area contributed by atoms with E-state index in [1.54, 1.807) is 7.11 Å². The lowest BCUT2D eigenvalue weighted by molar-refractivity contribution is 0.416. The van der Waals surface area contributed by atoms with Gasteiger partial charge >= 0.3 is 0 Å². The van der Waals surface area contributed by atoms with Crippen molar-refractivity contribution in [3.63, 3.8) is 0 Å². The lowest BCUT2D eigenvalue weighted by atomic mass is 10.0. The minimum absolute atomic E-state index is 0.876. The maximum absolute atomic E-state index is 5.39. The van der Waals surface area contributed by atoms with Crippen LogP contribution in [0.5, 0.6) is 5.75 Å². The van der Waals surface area contributed by atoms with Crippen LogP contribution in [0.4, 0.5) is 5.69 Å². The molecular weight excluding hydrogens is 278 g/mol. The number of methoxy groups -OCH3 is 1. The molecule has 1 N–H and O–H groups in total. The van der Waals surface area contributed by atoms with Crippen molar-refractivity contribution in [1.82, 2.24) is 0 Å². The van der Waals surface area contributed by atoms with Gasteiger partial charge in [-0.1, -0.05) is 28.1 Å². The van der Waals surface area contributed by atoms with Crippen LogP contribution in [-0.4, -0.2) is 14.2 Å². The Bertz CT molecular complexity index is 525. The Labute approximate surface area is 110 Å². The SMILES string of the molecule is CNc1cccc(-c2cc(Br)ccc2OC)c1. The molecule has 0 aliphatic carbocycles. The third kappa shape index (κ3) is 2.61. The highest BCUT2D eigenvalue weighted by molar-refractivity contribution is 9.10. The van der Waals surface area contributed by atoms with Gasteiger partial charge in [0, 0.05) is 22.8 Å². The van der Waals surface area contributed by atoms with Gasteiger partial charge in [-0.2, -0.15) is 0 Å². The van der Waals surface area contributed by atoms with Crippen molar-refractivity contribution in [3.05, 3.63) is 46.9 Å². The second kappa shape index (κ2) is 5.23. The Kier molecular flexibility index (Phi) is 3.69. The lowest BCUT2D eigenvalue weighted by Crippen LogP contribution is -1.90. The third-order valence-electron chi connectivity index (χ3n) is 2.62. The van der Waals surface area contributed by atoms with Crippen molar-refractivity contribution in [3.8, 4) is 16.9 Å². The van der Waals surface area contributed by atoms with Gasteiger partial charge in [-0.05, 0) is 35.9 Å². The molecule has 0 spiro atoms. The van der Waals surface area contributed by atoms with E-state index in [0.717, 1.165) is 27.0 Å². The molecule has 0 atom stereocenters. The van der Waals surface area contributed by atoms with Gasteiger partial charge < -0.3 is 10.1 Å². The van der Waals surface area contributed by atoms with E-state index in [2.05, 4.69) is 39.4 Å². The van der Waals surface area contributed by atoms with Crippen LogP contribution in [-0.2, 0) is 0 Å². The van der Waals surface area contributed by atoms with Crippen LogP contribution < -0.4 is 10.1 Å². The standard InChI is InChI=1S/C14H14BrNO/c1-16-12-5-3-4-10(8-12)13-9-11(15)6-7-14(13)17-2/h3-9,16H,1-2H3. The molecule has 2 aromatic rings. The highest BCUT2D eigenvalue weighted by Gasteiger charge is 2.06. The molecule has 0 saturated carbocycles. The Morgan fingerprint density at radius 1 is 1.12 bits per heavy atom. The molecule has 2 rings (SSSR count). The second-order valence-electron chi connectivity index (χ2n) is 3.68. The van der Waals surface area contributed by atoms with E-state index in [-0.39, 0.29) is 0 Å². The maximum Gasteiger partial charge on any atom is 0.126 e. The first-order valence-electron chi connectivity index (χ1n) is 5.36. The number of halogens is 1. The van der Waals surface area contributed by atoms with Crippen molar-refractivity contribution in [2.45, 2.75) is 0 Å². The lowest BCUT2D eigenvalue weighted by Gasteiger charge is -2.10. The summed E-state index contributed by atoms with van der Waals surface area (Å²) in [6.45, 7) is 0. The van der Waals surface area contributed by atoms with Crippen LogP contribution in [0.25, 0.3) is 11.1 Å². The number of rotatable bonds is 3. The average molecular weight is 292 g/mol. The van der Waals surface area contributed by atoms with E-state index in [0.29, 0.717) is 0 Å². The van der Waals surface area contributed by atoms with E-state index >= 15 is 0 Å². The topological polar surface area (TPSA) is 21.3 Å². The van der Waals surface area contributed by atoms with Gasteiger partial charge in [-0.15, -0.1) is 0 Å². The minimum Gasteiger partial charge on any atom is -0.496 e. The number of nitrogens with one attached hydrogen (secondary N) is 1. The summed E-state index contributed by atoms with van der Waals surface area (Å²) in [5, 5.41) is 3.14. The molecule has 0 aromatic heterocycles. The number of benzene rings is 2. The van der Waals surface area contributed by atoms with Gasteiger partial charge in [0.15, 0.2) is 0 Å². The fourth-order valence-corrected chi connectivity index (χ4v) is 2.11. The van der Waals surface area contributed by atoms with E-state index in [1.807, 2.05) is 31.3 Å². The normalized spacial score (nSPS) is 10.1. The highest BCUT2D eigenvalue weighted by atomic mass is 79.9. The number of hydrogen-bond donors (Lipinski definition) is 1. The zero-order valence-corrected chi connectivity index (χ0v) is 11.4. The molecule has 0 amide bonds. The van der Waals surface area contributed by atoms with E-state index < -0.39 is 0 Å². The van der Waals surface area contributed by atoms with E-state index in [9.17, 15) is 0 Å². The highest BCUT2D eigenvalue weighted by Crippen LogP contribution is 2.33. The molecule has 0 aliphatic rings. The maximum atomic E-state index is 5.39. The summed E-state index contributed by atoms with van der Waals surface area (Å²) in [7, 11) is 3.60. The van der Waals surface area contributed by atoms with Gasteiger partial charge in [0.05, 0.1) is 7.11 Å². The summed E-state index contributed by atoms with van der Waals surface area (Å²) in [5.74, 6) is 0.876. The van der Waals surface area contributed by atoms with Crippen molar-refractivity contribution in [2.24, 2.45) is 0 Å².